The summed E-state index contributed by atoms with van der Waals surface area (Å²) >= 11 is 8.33. The maximum atomic E-state index is 15.3. The Morgan fingerprint density at radius 3 is 2.37 bits per heavy atom. The summed E-state index contributed by atoms with van der Waals surface area (Å²) in [5, 5.41) is 21.9. The van der Waals surface area contributed by atoms with E-state index in [0.29, 0.717) is 25.3 Å². The van der Waals surface area contributed by atoms with E-state index in [4.69, 9.17) is 16.3 Å². The van der Waals surface area contributed by atoms with E-state index in [9.17, 15) is 33.8 Å². The molecule has 0 spiro atoms. The van der Waals surface area contributed by atoms with Gasteiger partial charge in [0.05, 0.1) is 50.8 Å². The third-order valence-corrected chi connectivity index (χ3v) is 12.3. The number of hydrogen-bond donors (Lipinski definition) is 3. The van der Waals surface area contributed by atoms with Crippen molar-refractivity contribution in [2.75, 3.05) is 17.4 Å². The second-order valence-corrected chi connectivity index (χ2v) is 15.4. The van der Waals surface area contributed by atoms with Crippen LogP contribution in [0.4, 0.5) is 15.8 Å². The Morgan fingerprint density at radius 2 is 1.69 bits per heavy atom. The number of ether oxygens (including phenoxy) is 1. The van der Waals surface area contributed by atoms with Crippen LogP contribution in [-0.2, 0) is 24.6 Å². The summed E-state index contributed by atoms with van der Waals surface area (Å²) in [5.41, 5.74) is 3.27. The normalized spacial score (nSPS) is 25.9. The van der Waals surface area contributed by atoms with Crippen LogP contribution in [0.1, 0.15) is 40.2 Å². The fraction of sp³-hybridized carbons (Fsp3) is 0.225. The zero-order chi connectivity index (χ0) is 38.2. The number of allylic oxidation sites excluding steroid dienone is 2. The number of nitrogens with zero attached hydrogens (tertiary/aromatic N) is 2. The lowest BCUT2D eigenvalue weighted by atomic mass is 9.49. The molecular formula is C40H30ClFIN3O8. The number of benzene rings is 4. The molecule has 3 N–H and O–H groups in total. The number of carbonyl (C=O) groups is 5. The predicted octanol–water partition coefficient (Wildman–Crippen LogP) is 6.69. The Morgan fingerprint density at radius 1 is 0.963 bits per heavy atom. The summed E-state index contributed by atoms with van der Waals surface area (Å²) in [6, 6.07) is 20.8. The average molecular weight is 862 g/mol. The molecule has 3 fully saturated rings. The molecule has 2 aliphatic heterocycles. The van der Waals surface area contributed by atoms with Crippen LogP contribution in [0.15, 0.2) is 96.6 Å². The van der Waals surface area contributed by atoms with Gasteiger partial charge >= 0.3 is 5.97 Å². The van der Waals surface area contributed by atoms with Gasteiger partial charge in [0.25, 0.3) is 11.8 Å². The molecule has 0 bridgehead atoms. The molecular weight excluding hydrogens is 832 g/mol. The van der Waals surface area contributed by atoms with Gasteiger partial charge in [-0.1, -0.05) is 41.4 Å². The first kappa shape index (κ1) is 35.7. The highest BCUT2D eigenvalue weighted by molar-refractivity contribution is 14.1. The molecule has 274 valence electrons. The summed E-state index contributed by atoms with van der Waals surface area (Å²) < 4.78 is 19.9. The molecule has 54 heavy (non-hydrogen) atoms. The molecule has 1 saturated carbocycles. The van der Waals surface area contributed by atoms with Crippen LogP contribution >= 0.6 is 34.2 Å². The smallest absolute Gasteiger partial charge is 0.335 e. The van der Waals surface area contributed by atoms with Gasteiger partial charge in [0.2, 0.25) is 11.8 Å². The number of fused-ring (bicyclic) bond motifs is 4. The molecule has 0 aromatic heterocycles. The Bertz CT molecular complexity index is 2320. The van der Waals surface area contributed by atoms with Gasteiger partial charge in [-0.2, -0.15) is 5.01 Å². The molecule has 4 amide bonds. The fourth-order valence-corrected chi connectivity index (χ4v) is 9.73. The Hall–Kier alpha value is -5.28. The average Bonchev–Trinajstić information content (AvgIpc) is 3.54. The van der Waals surface area contributed by atoms with Gasteiger partial charge in [-0.15, -0.1) is 0 Å². The van der Waals surface area contributed by atoms with Crippen LogP contribution in [-0.4, -0.2) is 51.9 Å². The largest absolute Gasteiger partial charge is 0.504 e. The van der Waals surface area contributed by atoms with Crippen LogP contribution in [0.5, 0.6) is 11.5 Å². The number of hydrogen-bond acceptors (Lipinski definition) is 8. The van der Waals surface area contributed by atoms with Gasteiger partial charge in [-0.3, -0.25) is 29.5 Å². The highest BCUT2D eigenvalue weighted by Gasteiger charge is 2.70. The van der Waals surface area contributed by atoms with Gasteiger partial charge in [0.15, 0.2) is 11.5 Å². The summed E-state index contributed by atoms with van der Waals surface area (Å²) in [6.07, 6.45) is 2.03. The standard InChI is InChI=1S/C40H30ClFIN3O8/c1-54-31-17-20(16-30(43)34(31)47)33-26-13-14-27-32(37(50)45(35(27)48)25-4-2-3-19(15-25)38(51)52)28(26)18-29-36(49)46(44-24-11-9-23(42)10-12-24)39(53)40(29,33)21-5-7-22(41)8-6-21/h2-13,15-17,27-29,32-33,44,47H,14,18H2,1H3,(H,51,52)/t27-,28+,29-,32-,33-,40+/m0/s1. The summed E-state index contributed by atoms with van der Waals surface area (Å²) in [6.45, 7) is 0. The number of nitrogens with one attached hydrogen (secondary N) is 1. The van der Waals surface area contributed by atoms with Crippen LogP contribution in [0.2, 0.25) is 5.02 Å². The van der Waals surface area contributed by atoms with E-state index in [1.165, 1.54) is 55.6 Å². The maximum absolute atomic E-state index is 15.3. The minimum Gasteiger partial charge on any atom is -0.504 e. The lowest BCUT2D eigenvalue weighted by molar-refractivity contribution is -0.138. The van der Waals surface area contributed by atoms with E-state index in [1.807, 2.05) is 28.7 Å². The zero-order valence-electron chi connectivity index (χ0n) is 28.3. The van der Waals surface area contributed by atoms with Crippen LogP contribution in [0, 0.1) is 33.1 Å². The third kappa shape index (κ3) is 5.30. The van der Waals surface area contributed by atoms with Crippen molar-refractivity contribution in [1.29, 1.82) is 0 Å². The molecule has 4 aromatic rings. The van der Waals surface area contributed by atoms with Gasteiger partial charge in [-0.05, 0) is 119 Å². The number of carboxylic acid groups (broad SMARTS) is 1. The number of phenols is 1. The maximum Gasteiger partial charge on any atom is 0.335 e. The minimum atomic E-state index is -1.63. The lowest BCUT2D eigenvalue weighted by Gasteiger charge is -2.50. The highest BCUT2D eigenvalue weighted by atomic mass is 127. The topological polar surface area (TPSA) is 154 Å². The van der Waals surface area contributed by atoms with Crippen LogP contribution < -0.4 is 15.1 Å². The number of methoxy groups -OCH3 is 1. The van der Waals surface area contributed by atoms with E-state index in [2.05, 4.69) is 5.43 Å². The molecule has 6 atom stereocenters. The van der Waals surface area contributed by atoms with Crippen molar-refractivity contribution in [2.45, 2.75) is 24.2 Å². The number of carbonyl (C=O) groups excluding carboxylic acids is 4. The number of aromatic carboxylic acids is 1. The van der Waals surface area contributed by atoms with Crippen molar-refractivity contribution >= 4 is 75.2 Å². The van der Waals surface area contributed by atoms with Crippen LogP contribution in [0.3, 0.4) is 0 Å². The fourth-order valence-electron chi connectivity index (χ4n) is 8.98. The first-order valence-corrected chi connectivity index (χ1v) is 18.5. The molecule has 4 aliphatic rings. The van der Waals surface area contributed by atoms with Crippen LogP contribution in [0.25, 0.3) is 0 Å². The minimum absolute atomic E-state index is 0.00658. The molecule has 14 heteroatoms. The first-order valence-electron chi connectivity index (χ1n) is 17.0. The first-order chi connectivity index (χ1) is 25.9. The second kappa shape index (κ2) is 13.2. The number of imide groups is 2. The van der Waals surface area contributed by atoms with E-state index in [-0.39, 0.29) is 41.3 Å². The molecule has 0 unspecified atom stereocenters. The summed E-state index contributed by atoms with van der Waals surface area (Å²) in [4.78, 5) is 71.6. The van der Waals surface area contributed by atoms with Crippen molar-refractivity contribution in [1.82, 2.24) is 5.01 Å². The van der Waals surface area contributed by atoms with Gasteiger partial charge in [0.1, 0.15) is 5.82 Å². The molecule has 2 heterocycles. The zero-order valence-corrected chi connectivity index (χ0v) is 31.2. The van der Waals surface area contributed by atoms with E-state index < -0.39 is 70.4 Å². The summed E-state index contributed by atoms with van der Waals surface area (Å²) in [5.74, 6) is -8.37. The molecule has 2 saturated heterocycles. The van der Waals surface area contributed by atoms with Gasteiger partial charge < -0.3 is 14.9 Å². The van der Waals surface area contributed by atoms with Gasteiger partial charge in [0, 0.05) is 10.9 Å². The predicted molar refractivity (Wildman–Crippen MR) is 202 cm³/mol. The van der Waals surface area contributed by atoms with Crippen molar-refractivity contribution in [3.63, 3.8) is 0 Å². The van der Waals surface area contributed by atoms with Crippen molar-refractivity contribution in [3.05, 3.63) is 128 Å². The number of carboxylic acids is 1. The summed E-state index contributed by atoms with van der Waals surface area (Å²) in [7, 11) is 1.40. The second-order valence-electron chi connectivity index (χ2n) is 13.8. The lowest BCUT2D eigenvalue weighted by Crippen LogP contribution is -2.53. The van der Waals surface area contributed by atoms with Crippen molar-refractivity contribution in [3.8, 4) is 11.5 Å². The van der Waals surface area contributed by atoms with E-state index in [1.54, 1.807) is 36.4 Å². The molecule has 4 aromatic carbocycles. The quantitative estimate of drug-likeness (QED) is 0.105. The highest BCUT2D eigenvalue weighted by Crippen LogP contribution is 2.64. The Kier molecular flexibility index (Phi) is 8.76. The number of halogens is 3. The van der Waals surface area contributed by atoms with E-state index in [0.717, 1.165) is 9.91 Å². The van der Waals surface area contributed by atoms with Gasteiger partial charge in [-0.25, -0.2) is 9.18 Å². The number of anilines is 2. The molecule has 2 aliphatic carbocycles. The number of amides is 4. The van der Waals surface area contributed by atoms with Crippen molar-refractivity contribution < 1.29 is 43.3 Å². The Labute approximate surface area is 326 Å². The number of aromatic hydroxyl groups is 1. The number of rotatable bonds is 7. The number of phenolic OH excluding ortho intramolecular Hbond substituents is 1. The molecule has 0 radical (unpaired) electrons. The molecule has 11 nitrogen and oxygen atoms in total. The SMILES string of the molecule is COc1cc([C@H]2C3=CC[C@@H]4C(=O)N(c5cccc(C(=O)O)c5)C(=O)[C@@H]4[C@@H]3C[C@H]3C(=O)N(Nc4ccc(F)cc4)C(=O)[C@@]23c2ccc(Cl)cc2)cc(I)c1O. The number of hydrazine groups is 1. The van der Waals surface area contributed by atoms with Crippen molar-refractivity contribution in [2.24, 2.45) is 23.7 Å². The monoisotopic (exact) mass is 861 g/mol. The Balaban J connectivity index is 1.34. The third-order valence-electron chi connectivity index (χ3n) is 11.2. The van der Waals surface area contributed by atoms with E-state index >= 15 is 4.79 Å². The molecule has 8 rings (SSSR count).